The maximum atomic E-state index is 14.1. The second-order valence-electron chi connectivity index (χ2n) is 23.6. The first kappa shape index (κ1) is 49.6. The summed E-state index contributed by atoms with van der Waals surface area (Å²) in [5.41, 5.74) is -1.47. The van der Waals surface area contributed by atoms with Crippen LogP contribution in [0.2, 0.25) is 0 Å². The third kappa shape index (κ3) is 6.84. The summed E-state index contributed by atoms with van der Waals surface area (Å²) in [6.45, 7) is 17.3. The number of epoxide rings is 1. The Bertz CT molecular complexity index is 1980. The van der Waals surface area contributed by atoms with E-state index in [2.05, 4.69) is 41.2 Å². The third-order valence-electron chi connectivity index (χ3n) is 20.2. The minimum absolute atomic E-state index is 0.0282. The SMILES string of the molecule is C=C1CC[C@@]23CC[C@]4(C)[C@@](OC2=O)([C@@H]3C1)[C@H]1O[C@H]1[C@@H]1[C@@]2(C)CC[C@H](O[C@@H]3O[C@H](COC(C)=O)[C@@H](O)[C@H](O[C@@H]5O[C@H](CO)[C@@H](O)[C@H](O)[C@H]5O)[C@H]3O[C@@H]3O[C@@H](C)[C@H](O)[C@@H](O)[C@H]3O)C(C)(C)C2CC[C@]14C. The van der Waals surface area contributed by atoms with Crippen molar-refractivity contribution in [3.8, 4) is 0 Å². The van der Waals surface area contributed by atoms with Crippen LogP contribution in [0.1, 0.15) is 106 Å². The predicted molar refractivity (Wildman–Crippen MR) is 231 cm³/mol. The van der Waals surface area contributed by atoms with Crippen LogP contribution in [0.15, 0.2) is 12.2 Å². The van der Waals surface area contributed by atoms with Crippen LogP contribution in [0.4, 0.5) is 0 Å². The first-order valence-electron chi connectivity index (χ1n) is 24.9. The average molecular weight is 967 g/mol. The Kier molecular flexibility index (Phi) is 12.3. The van der Waals surface area contributed by atoms with Gasteiger partial charge in [-0.2, -0.15) is 0 Å². The summed E-state index contributed by atoms with van der Waals surface area (Å²) in [7, 11) is 0. The lowest BCUT2D eigenvalue weighted by atomic mass is 9.31. The summed E-state index contributed by atoms with van der Waals surface area (Å²) < 4.78 is 56.9. The van der Waals surface area contributed by atoms with Gasteiger partial charge in [-0.05, 0) is 92.8 Å². The normalized spacial score (nSPS) is 56.8. The van der Waals surface area contributed by atoms with Crippen LogP contribution < -0.4 is 0 Å². The molecule has 10 fully saturated rings. The fourth-order valence-electron chi connectivity index (χ4n) is 16.4. The molecule has 5 aliphatic heterocycles. The lowest BCUT2D eigenvalue weighted by Crippen LogP contribution is -2.74. The van der Waals surface area contributed by atoms with Gasteiger partial charge in [0, 0.05) is 18.3 Å². The van der Waals surface area contributed by atoms with Gasteiger partial charge in [-0.15, -0.1) is 0 Å². The molecule has 19 heteroatoms. The van der Waals surface area contributed by atoms with Crippen molar-refractivity contribution in [2.24, 2.45) is 44.8 Å². The van der Waals surface area contributed by atoms with E-state index >= 15 is 0 Å². The highest BCUT2D eigenvalue weighted by Crippen LogP contribution is 2.83. The minimum atomic E-state index is -1.90. The van der Waals surface area contributed by atoms with E-state index in [0.717, 1.165) is 51.4 Å². The third-order valence-corrected chi connectivity index (χ3v) is 20.2. The Morgan fingerprint density at radius 2 is 1.38 bits per heavy atom. The molecule has 5 aliphatic carbocycles. The zero-order chi connectivity index (χ0) is 49.0. The molecular weight excluding hydrogens is 893 g/mol. The fourth-order valence-corrected chi connectivity index (χ4v) is 16.4. The molecule has 0 aromatic carbocycles. The summed E-state index contributed by atoms with van der Waals surface area (Å²) in [5, 5.41) is 86.9. The van der Waals surface area contributed by atoms with Gasteiger partial charge in [-0.1, -0.05) is 46.8 Å². The smallest absolute Gasteiger partial charge is 0.313 e. The Labute approximate surface area is 396 Å². The number of ether oxygens (including phenoxy) is 9. The van der Waals surface area contributed by atoms with Gasteiger partial charge in [0.15, 0.2) is 24.5 Å². The first-order valence-corrected chi connectivity index (χ1v) is 24.9. The van der Waals surface area contributed by atoms with Gasteiger partial charge < -0.3 is 83.5 Å². The molecule has 8 N–H and O–H groups in total. The highest BCUT2D eigenvalue weighted by atomic mass is 16.8. The standard InChI is InChI=1S/C49H74O19/c1-20-9-14-48-16-15-47(8)46(7)13-10-25-44(4,5)27(11-12-45(25,6)38(46)37-39(65-37)49(47,26(48)17-20)68-43(48)59)64-42-36(67-40-33(57)31(55)28(52)21(2)61-40)35(30(54)24(63-42)19-60-22(3)51)66-41-34(58)32(56)29(53)23(18-50)62-41/h21,23-42,50,52-58H,1,9-19H2,2-8H3/t21-,23+,24+,25?,26+,27-,28-,29+,30+,31+,32-,33+,34+,35-,36+,37-,38+,39-,40-,41-,42-,45-,46+,47-,48-,49+/m0/s1. The molecule has 384 valence electrons. The van der Waals surface area contributed by atoms with E-state index in [0.29, 0.717) is 6.42 Å². The summed E-state index contributed by atoms with van der Waals surface area (Å²) in [4.78, 5) is 26.3. The van der Waals surface area contributed by atoms with Crippen LogP contribution in [0, 0.1) is 44.8 Å². The van der Waals surface area contributed by atoms with E-state index in [9.17, 15) is 50.4 Å². The van der Waals surface area contributed by atoms with E-state index in [1.54, 1.807) is 0 Å². The number of fused-ring (bicyclic) bond motifs is 6. The van der Waals surface area contributed by atoms with Gasteiger partial charge >= 0.3 is 11.9 Å². The zero-order valence-corrected chi connectivity index (χ0v) is 40.2. The van der Waals surface area contributed by atoms with Crippen LogP contribution in [0.5, 0.6) is 0 Å². The molecule has 0 amide bonds. The number of hydrogen-bond acceptors (Lipinski definition) is 19. The molecule has 2 bridgehead atoms. The lowest BCUT2D eigenvalue weighted by Gasteiger charge is -2.72. The van der Waals surface area contributed by atoms with E-state index in [1.165, 1.54) is 19.4 Å². The number of carbonyl (C=O) groups is 2. The first-order chi connectivity index (χ1) is 31.9. The molecule has 0 aromatic rings. The number of hydrogen-bond donors (Lipinski definition) is 8. The van der Waals surface area contributed by atoms with Crippen LogP contribution in [-0.2, 0) is 52.2 Å². The average Bonchev–Trinajstić information content (AvgIpc) is 4.05. The van der Waals surface area contributed by atoms with Crippen molar-refractivity contribution in [2.75, 3.05) is 13.2 Å². The van der Waals surface area contributed by atoms with Crippen molar-refractivity contribution in [2.45, 2.75) is 222 Å². The molecule has 19 nitrogen and oxygen atoms in total. The van der Waals surface area contributed by atoms with Crippen LogP contribution >= 0.6 is 0 Å². The largest absolute Gasteiger partial charge is 0.463 e. The number of carbonyl (C=O) groups excluding carboxylic acids is 2. The van der Waals surface area contributed by atoms with Crippen molar-refractivity contribution in [3.05, 3.63) is 12.2 Å². The molecule has 68 heavy (non-hydrogen) atoms. The quantitative estimate of drug-likeness (QED) is 0.0676. The van der Waals surface area contributed by atoms with Crippen molar-refractivity contribution in [1.29, 1.82) is 0 Å². The Morgan fingerprint density at radius 3 is 2.07 bits per heavy atom. The molecule has 5 heterocycles. The highest BCUT2D eigenvalue weighted by Gasteiger charge is 2.89. The molecule has 1 unspecified atom stereocenters. The molecule has 10 rings (SSSR count). The minimum Gasteiger partial charge on any atom is -0.463 e. The Hall–Kier alpha value is -1.92. The second kappa shape index (κ2) is 16.8. The van der Waals surface area contributed by atoms with Crippen LogP contribution in [-0.4, -0.2) is 182 Å². The molecule has 5 saturated heterocycles. The second-order valence-corrected chi connectivity index (χ2v) is 23.6. The van der Waals surface area contributed by atoms with Gasteiger partial charge in [-0.3, -0.25) is 9.59 Å². The van der Waals surface area contributed by atoms with Gasteiger partial charge in [-0.25, -0.2) is 0 Å². The molecule has 0 radical (unpaired) electrons. The van der Waals surface area contributed by atoms with Gasteiger partial charge in [0.2, 0.25) is 0 Å². The molecular formula is C49H74O19. The van der Waals surface area contributed by atoms with E-state index in [4.69, 9.17) is 42.6 Å². The zero-order valence-electron chi connectivity index (χ0n) is 40.2. The summed E-state index contributed by atoms with van der Waals surface area (Å²) in [6, 6.07) is 0. The number of aliphatic hydroxyl groups excluding tert-OH is 8. The number of rotatable bonds is 9. The molecule has 26 atom stereocenters. The van der Waals surface area contributed by atoms with Crippen molar-refractivity contribution < 1.29 is 93.1 Å². The molecule has 5 saturated carbocycles. The van der Waals surface area contributed by atoms with Crippen molar-refractivity contribution in [1.82, 2.24) is 0 Å². The summed E-state index contributed by atoms with van der Waals surface area (Å²) in [5.74, 6) is -0.501. The van der Waals surface area contributed by atoms with E-state index < -0.39 is 134 Å². The highest BCUT2D eigenvalue weighted by molar-refractivity contribution is 5.82. The Morgan fingerprint density at radius 1 is 0.721 bits per heavy atom. The Balaban J connectivity index is 0.967. The van der Waals surface area contributed by atoms with Gasteiger partial charge in [0.1, 0.15) is 79.9 Å². The van der Waals surface area contributed by atoms with Crippen LogP contribution in [0.25, 0.3) is 0 Å². The number of aliphatic hydroxyl groups is 8. The van der Waals surface area contributed by atoms with Crippen molar-refractivity contribution >= 4 is 11.9 Å². The summed E-state index contributed by atoms with van der Waals surface area (Å²) in [6.07, 6.45) is -18.0. The molecule has 1 spiro atoms. The molecule has 0 aromatic heterocycles. The monoisotopic (exact) mass is 966 g/mol. The fraction of sp³-hybridized carbons (Fsp3) is 0.918. The molecule has 10 aliphatic rings. The number of allylic oxidation sites excluding steroid dienone is 1. The van der Waals surface area contributed by atoms with Gasteiger partial charge in [0.25, 0.3) is 0 Å². The van der Waals surface area contributed by atoms with Crippen LogP contribution in [0.3, 0.4) is 0 Å². The van der Waals surface area contributed by atoms with E-state index in [-0.39, 0.29) is 52.2 Å². The predicted octanol–water partition coefficient (Wildman–Crippen LogP) is 0.497. The summed E-state index contributed by atoms with van der Waals surface area (Å²) >= 11 is 0. The maximum absolute atomic E-state index is 14.1. The van der Waals surface area contributed by atoms with Crippen molar-refractivity contribution in [3.63, 3.8) is 0 Å². The topological polar surface area (TPSA) is 282 Å². The maximum Gasteiger partial charge on any atom is 0.313 e. The van der Waals surface area contributed by atoms with Gasteiger partial charge in [0.05, 0.1) is 30.3 Å². The lowest BCUT2D eigenvalue weighted by molar-refractivity contribution is -0.398. The van der Waals surface area contributed by atoms with E-state index in [1.807, 2.05) is 0 Å². The number of esters is 2.